The molecule has 0 saturated carbocycles. The Labute approximate surface area is 124 Å². The molecule has 19 heavy (non-hydrogen) atoms. The first kappa shape index (κ1) is 14.1. The van der Waals surface area contributed by atoms with Crippen molar-refractivity contribution in [1.82, 2.24) is 9.97 Å². The van der Waals surface area contributed by atoms with E-state index in [2.05, 4.69) is 42.7 Å². The first-order valence-electron chi connectivity index (χ1n) is 5.66. The van der Waals surface area contributed by atoms with E-state index in [4.69, 9.17) is 4.74 Å². The third-order valence-corrected chi connectivity index (χ3v) is 4.18. The van der Waals surface area contributed by atoms with Crippen molar-refractivity contribution in [3.8, 4) is 5.75 Å². The lowest BCUT2D eigenvalue weighted by Gasteiger charge is -2.20. The molecular weight excluding hydrogens is 328 g/mol. The third kappa shape index (κ3) is 3.16. The van der Waals surface area contributed by atoms with Crippen molar-refractivity contribution in [2.75, 3.05) is 31.4 Å². The maximum Gasteiger partial charge on any atom is 0.204 e. The Hall–Kier alpha value is -1.34. The fourth-order valence-corrected chi connectivity index (χ4v) is 2.98. The van der Waals surface area contributed by atoms with Crippen LogP contribution < -0.4 is 15.0 Å². The average Bonchev–Trinajstić information content (AvgIpc) is 2.82. The van der Waals surface area contributed by atoms with Crippen molar-refractivity contribution in [3.05, 3.63) is 27.1 Å². The van der Waals surface area contributed by atoms with Gasteiger partial charge in [0.1, 0.15) is 6.33 Å². The Morgan fingerprint density at radius 3 is 2.84 bits per heavy atom. The molecule has 5 nitrogen and oxygen atoms in total. The van der Waals surface area contributed by atoms with Crippen molar-refractivity contribution in [3.63, 3.8) is 0 Å². The van der Waals surface area contributed by atoms with Crippen LogP contribution in [0.25, 0.3) is 0 Å². The van der Waals surface area contributed by atoms with E-state index in [9.17, 15) is 0 Å². The minimum Gasteiger partial charge on any atom is -0.490 e. The zero-order valence-electron chi connectivity index (χ0n) is 11.0. The predicted octanol–water partition coefficient (Wildman–Crippen LogP) is 2.99. The number of halogens is 1. The molecule has 0 aliphatic rings. The second-order valence-electron chi connectivity index (χ2n) is 3.94. The largest absolute Gasteiger partial charge is 0.490 e. The average molecular weight is 343 g/mol. The summed E-state index contributed by atoms with van der Waals surface area (Å²) in [4.78, 5) is 10.5. The third-order valence-electron chi connectivity index (χ3n) is 2.63. The van der Waals surface area contributed by atoms with Crippen LogP contribution in [-0.2, 0) is 6.54 Å². The van der Waals surface area contributed by atoms with Gasteiger partial charge in [-0.3, -0.25) is 0 Å². The number of thiophene rings is 1. The van der Waals surface area contributed by atoms with Crippen LogP contribution in [0.3, 0.4) is 0 Å². The van der Waals surface area contributed by atoms with E-state index in [1.54, 1.807) is 18.4 Å². The number of hydrogen-bond donors (Lipinski definition) is 1. The summed E-state index contributed by atoms with van der Waals surface area (Å²) in [6, 6.07) is 2.10. The normalized spacial score (nSPS) is 10.3. The number of hydrogen-bond acceptors (Lipinski definition) is 6. The molecule has 0 radical (unpaired) electrons. The van der Waals surface area contributed by atoms with Gasteiger partial charge in [0, 0.05) is 20.6 Å². The van der Waals surface area contributed by atoms with Gasteiger partial charge in [-0.1, -0.05) is 0 Å². The number of methoxy groups -OCH3 is 1. The molecule has 2 rings (SSSR count). The lowest BCUT2D eigenvalue weighted by atomic mass is 10.3. The molecule has 0 fully saturated rings. The van der Waals surface area contributed by atoms with E-state index in [0.29, 0.717) is 11.6 Å². The quantitative estimate of drug-likeness (QED) is 0.905. The van der Waals surface area contributed by atoms with Crippen LogP contribution in [0.1, 0.15) is 5.56 Å². The molecule has 0 aliphatic carbocycles. The van der Waals surface area contributed by atoms with E-state index < -0.39 is 0 Å². The van der Waals surface area contributed by atoms with Crippen molar-refractivity contribution >= 4 is 38.9 Å². The SMILES string of the molecule is CNc1ncnc(N(C)Cc2csc(Br)c2)c1OC. The molecule has 0 spiro atoms. The molecule has 2 aromatic rings. The first-order valence-corrected chi connectivity index (χ1v) is 7.33. The Morgan fingerprint density at radius 2 is 2.26 bits per heavy atom. The summed E-state index contributed by atoms with van der Waals surface area (Å²) in [7, 11) is 5.42. The van der Waals surface area contributed by atoms with Crippen molar-refractivity contribution < 1.29 is 4.74 Å². The van der Waals surface area contributed by atoms with Gasteiger partial charge in [-0.05, 0) is 32.9 Å². The molecular formula is C12H15BrN4OS. The van der Waals surface area contributed by atoms with E-state index in [1.165, 1.54) is 11.9 Å². The van der Waals surface area contributed by atoms with Gasteiger partial charge in [0.25, 0.3) is 0 Å². The second kappa shape index (κ2) is 6.21. The van der Waals surface area contributed by atoms with E-state index in [0.717, 1.165) is 16.1 Å². The Bertz CT molecular complexity index is 560. The predicted molar refractivity (Wildman–Crippen MR) is 82.3 cm³/mol. The van der Waals surface area contributed by atoms with Crippen LogP contribution in [0.5, 0.6) is 5.75 Å². The molecule has 0 aromatic carbocycles. The number of rotatable bonds is 5. The highest BCUT2D eigenvalue weighted by Gasteiger charge is 2.15. The van der Waals surface area contributed by atoms with Gasteiger partial charge in [0.05, 0.1) is 10.9 Å². The molecule has 1 N–H and O–H groups in total. The Balaban J connectivity index is 2.25. The summed E-state index contributed by atoms with van der Waals surface area (Å²) in [6.07, 6.45) is 1.53. The summed E-state index contributed by atoms with van der Waals surface area (Å²) in [6.45, 7) is 0.763. The smallest absolute Gasteiger partial charge is 0.204 e. The highest BCUT2D eigenvalue weighted by atomic mass is 79.9. The molecule has 7 heteroatoms. The fourth-order valence-electron chi connectivity index (χ4n) is 1.78. The van der Waals surface area contributed by atoms with Crippen molar-refractivity contribution in [1.29, 1.82) is 0 Å². The van der Waals surface area contributed by atoms with Crippen molar-refractivity contribution in [2.24, 2.45) is 0 Å². The lowest BCUT2D eigenvalue weighted by molar-refractivity contribution is 0.413. The Kier molecular flexibility index (Phi) is 4.60. The number of aromatic nitrogens is 2. The summed E-state index contributed by atoms with van der Waals surface area (Å²) in [5.41, 5.74) is 1.23. The number of anilines is 2. The van der Waals surface area contributed by atoms with Crippen LogP contribution in [0.4, 0.5) is 11.6 Å². The second-order valence-corrected chi connectivity index (χ2v) is 6.23. The highest BCUT2D eigenvalue weighted by molar-refractivity contribution is 9.11. The number of nitrogens with zero attached hydrogens (tertiary/aromatic N) is 3. The molecule has 2 heterocycles. The minimum absolute atomic E-state index is 0.654. The van der Waals surface area contributed by atoms with Crippen LogP contribution >= 0.6 is 27.3 Å². The number of ether oxygens (including phenoxy) is 1. The van der Waals surface area contributed by atoms with Gasteiger partial charge >= 0.3 is 0 Å². The monoisotopic (exact) mass is 342 g/mol. The molecule has 0 atom stereocenters. The van der Waals surface area contributed by atoms with Crippen molar-refractivity contribution in [2.45, 2.75) is 6.54 Å². The van der Waals surface area contributed by atoms with Gasteiger partial charge in [-0.15, -0.1) is 11.3 Å². The summed E-state index contributed by atoms with van der Waals surface area (Å²) in [5.74, 6) is 2.11. The summed E-state index contributed by atoms with van der Waals surface area (Å²) >= 11 is 5.14. The highest BCUT2D eigenvalue weighted by Crippen LogP contribution is 2.32. The standard InChI is InChI=1S/C12H15BrN4OS/c1-14-11-10(18-3)12(16-7-15-11)17(2)5-8-4-9(13)19-6-8/h4,6-7H,5H2,1-3H3,(H,14,15,16). The van der Waals surface area contributed by atoms with E-state index in [-0.39, 0.29) is 0 Å². The molecule has 0 saturated heterocycles. The maximum absolute atomic E-state index is 5.40. The summed E-state index contributed by atoms with van der Waals surface area (Å²) < 4.78 is 6.52. The van der Waals surface area contributed by atoms with Crippen LogP contribution in [0.15, 0.2) is 21.6 Å². The Morgan fingerprint density at radius 1 is 1.47 bits per heavy atom. The van der Waals surface area contributed by atoms with Crippen LogP contribution in [-0.4, -0.2) is 31.2 Å². The lowest BCUT2D eigenvalue weighted by Crippen LogP contribution is -2.19. The first-order chi connectivity index (χ1) is 9.15. The van der Waals surface area contributed by atoms with Gasteiger partial charge in [0.15, 0.2) is 11.6 Å². The van der Waals surface area contributed by atoms with Gasteiger partial charge < -0.3 is 15.0 Å². The van der Waals surface area contributed by atoms with Gasteiger partial charge in [-0.2, -0.15) is 0 Å². The van der Waals surface area contributed by atoms with Gasteiger partial charge in [0.2, 0.25) is 5.75 Å². The molecule has 0 aliphatic heterocycles. The van der Waals surface area contributed by atoms with Crippen LogP contribution in [0, 0.1) is 0 Å². The van der Waals surface area contributed by atoms with Crippen LogP contribution in [0.2, 0.25) is 0 Å². The topological polar surface area (TPSA) is 50.3 Å². The molecule has 0 bridgehead atoms. The maximum atomic E-state index is 5.40. The summed E-state index contributed by atoms with van der Waals surface area (Å²) in [5, 5.41) is 5.12. The zero-order valence-corrected chi connectivity index (χ0v) is 13.4. The fraction of sp³-hybridized carbons (Fsp3) is 0.333. The molecule has 0 amide bonds. The minimum atomic E-state index is 0.654. The van der Waals surface area contributed by atoms with E-state index >= 15 is 0 Å². The zero-order chi connectivity index (χ0) is 13.8. The molecule has 102 valence electrons. The van der Waals surface area contributed by atoms with E-state index in [1.807, 2.05) is 19.0 Å². The molecule has 0 unspecified atom stereocenters. The number of nitrogens with one attached hydrogen (secondary N) is 1. The molecule has 2 aromatic heterocycles. The van der Waals surface area contributed by atoms with Gasteiger partial charge in [-0.25, -0.2) is 9.97 Å².